The Labute approximate surface area is 118 Å². The van der Waals surface area contributed by atoms with Gasteiger partial charge in [0.1, 0.15) is 0 Å². The van der Waals surface area contributed by atoms with E-state index in [1.807, 2.05) is 37.3 Å². The van der Waals surface area contributed by atoms with Gasteiger partial charge in [-0.15, -0.1) is 0 Å². The van der Waals surface area contributed by atoms with E-state index in [0.717, 1.165) is 5.39 Å². The van der Waals surface area contributed by atoms with Crippen molar-refractivity contribution >= 4 is 16.7 Å². The molecular formula is C18H16O2. The van der Waals surface area contributed by atoms with Gasteiger partial charge in [0, 0.05) is 5.92 Å². The van der Waals surface area contributed by atoms with Crippen LogP contribution in [0, 0.1) is 0 Å². The Morgan fingerprint density at radius 1 is 1.15 bits per heavy atom. The highest BCUT2D eigenvalue weighted by molar-refractivity contribution is 5.96. The second-order valence-corrected chi connectivity index (χ2v) is 4.80. The Hall–Kier alpha value is -2.35. The molecule has 0 heterocycles. The van der Waals surface area contributed by atoms with Gasteiger partial charge in [-0.3, -0.25) is 0 Å². The van der Waals surface area contributed by atoms with Crippen molar-refractivity contribution in [1.29, 1.82) is 0 Å². The number of fused-ring (bicyclic) bond motifs is 1. The molecule has 20 heavy (non-hydrogen) atoms. The van der Waals surface area contributed by atoms with E-state index in [1.165, 1.54) is 10.9 Å². The molecule has 0 unspecified atom stereocenters. The fraction of sp³-hybridized carbons (Fsp3) is 0.167. The van der Waals surface area contributed by atoms with Crippen LogP contribution in [0.1, 0.15) is 28.8 Å². The number of benzene rings is 2. The summed E-state index contributed by atoms with van der Waals surface area (Å²) < 4.78 is 5.05. The molecule has 0 saturated heterocycles. The van der Waals surface area contributed by atoms with Gasteiger partial charge in [-0.05, 0) is 35.4 Å². The third kappa shape index (κ3) is 2.25. The van der Waals surface area contributed by atoms with Crippen LogP contribution in [-0.2, 0) is 4.74 Å². The summed E-state index contributed by atoms with van der Waals surface area (Å²) >= 11 is 0. The Bertz CT molecular complexity index is 698. The van der Waals surface area contributed by atoms with E-state index in [-0.39, 0.29) is 5.97 Å². The minimum atomic E-state index is -0.263. The topological polar surface area (TPSA) is 26.3 Å². The van der Waals surface area contributed by atoms with Crippen molar-refractivity contribution in [2.45, 2.75) is 12.8 Å². The number of esters is 1. The summed E-state index contributed by atoms with van der Waals surface area (Å²) in [7, 11) is 0. The van der Waals surface area contributed by atoms with E-state index < -0.39 is 0 Å². The van der Waals surface area contributed by atoms with Crippen molar-refractivity contribution in [3.8, 4) is 0 Å². The van der Waals surface area contributed by atoms with Crippen LogP contribution < -0.4 is 0 Å². The Balaban J connectivity index is 2.06. The highest BCUT2D eigenvalue weighted by Crippen LogP contribution is 2.30. The van der Waals surface area contributed by atoms with E-state index in [2.05, 4.69) is 30.4 Å². The summed E-state index contributed by atoms with van der Waals surface area (Å²) in [5.74, 6) is 0.0626. The first-order valence-electron chi connectivity index (χ1n) is 6.84. The van der Waals surface area contributed by atoms with Gasteiger partial charge in [-0.2, -0.15) is 0 Å². The molecule has 0 fully saturated rings. The lowest BCUT2D eigenvalue weighted by atomic mass is 9.93. The van der Waals surface area contributed by atoms with Crippen LogP contribution in [0.3, 0.4) is 0 Å². The monoisotopic (exact) mass is 264 g/mol. The molecule has 0 radical (unpaired) electrons. The van der Waals surface area contributed by atoms with E-state index in [1.54, 1.807) is 0 Å². The molecule has 0 saturated carbocycles. The Kier molecular flexibility index (Phi) is 3.38. The number of hydrogen-bond acceptors (Lipinski definition) is 2. The predicted octanol–water partition coefficient (Wildman–Crippen LogP) is 4.23. The van der Waals surface area contributed by atoms with Crippen molar-refractivity contribution in [3.63, 3.8) is 0 Å². The van der Waals surface area contributed by atoms with Crippen molar-refractivity contribution in [2.24, 2.45) is 0 Å². The van der Waals surface area contributed by atoms with Gasteiger partial charge in [-0.1, -0.05) is 48.6 Å². The number of allylic oxidation sites excluding steroid dienone is 4. The van der Waals surface area contributed by atoms with Crippen LogP contribution in [0.25, 0.3) is 10.8 Å². The molecule has 1 aliphatic rings. The fourth-order valence-electron chi connectivity index (χ4n) is 2.58. The minimum Gasteiger partial charge on any atom is -0.462 e. The molecule has 2 aromatic rings. The van der Waals surface area contributed by atoms with Crippen LogP contribution in [0.15, 0.2) is 60.7 Å². The summed E-state index contributed by atoms with van der Waals surface area (Å²) in [5.41, 5.74) is 1.87. The highest BCUT2D eigenvalue weighted by atomic mass is 16.5. The standard InChI is InChI=1S/C18H16O2/c1-2-20-18(19)15-10-11-17-14(12-15)8-5-9-16(17)13-6-3-4-7-13/h3-13H,2H2,1H3. The van der Waals surface area contributed by atoms with E-state index in [0.29, 0.717) is 18.1 Å². The number of hydrogen-bond donors (Lipinski definition) is 0. The minimum absolute atomic E-state index is 0.263. The molecule has 1 aliphatic carbocycles. The van der Waals surface area contributed by atoms with Crippen LogP contribution in [-0.4, -0.2) is 12.6 Å². The van der Waals surface area contributed by atoms with Crippen molar-refractivity contribution in [2.75, 3.05) is 6.61 Å². The first kappa shape index (κ1) is 12.7. The number of carbonyl (C=O) groups excluding carboxylic acids is 1. The molecule has 0 N–H and O–H groups in total. The molecule has 3 rings (SSSR count). The first-order valence-corrected chi connectivity index (χ1v) is 6.84. The second-order valence-electron chi connectivity index (χ2n) is 4.80. The average molecular weight is 264 g/mol. The van der Waals surface area contributed by atoms with Gasteiger partial charge in [0.2, 0.25) is 0 Å². The summed E-state index contributed by atoms with van der Waals surface area (Å²) in [6.45, 7) is 2.21. The van der Waals surface area contributed by atoms with Gasteiger partial charge in [-0.25, -0.2) is 4.79 Å². The quantitative estimate of drug-likeness (QED) is 0.776. The smallest absolute Gasteiger partial charge is 0.338 e. The third-order valence-electron chi connectivity index (χ3n) is 3.53. The fourth-order valence-corrected chi connectivity index (χ4v) is 2.58. The first-order chi connectivity index (χ1) is 9.79. The Morgan fingerprint density at radius 3 is 2.70 bits per heavy atom. The van der Waals surface area contributed by atoms with Gasteiger partial charge in [0.05, 0.1) is 12.2 Å². The van der Waals surface area contributed by atoms with Crippen LogP contribution in [0.5, 0.6) is 0 Å². The summed E-state index contributed by atoms with van der Waals surface area (Å²) in [5, 5.41) is 2.25. The molecular weight excluding hydrogens is 248 g/mol. The Morgan fingerprint density at radius 2 is 1.95 bits per heavy atom. The van der Waals surface area contributed by atoms with Crippen LogP contribution in [0.4, 0.5) is 0 Å². The molecule has 0 amide bonds. The highest BCUT2D eigenvalue weighted by Gasteiger charge is 2.12. The molecule has 0 atom stereocenters. The maximum atomic E-state index is 11.8. The summed E-state index contributed by atoms with van der Waals surface area (Å²) in [6, 6.07) is 12.0. The van der Waals surface area contributed by atoms with Crippen molar-refractivity contribution in [3.05, 3.63) is 71.8 Å². The molecule has 0 spiro atoms. The van der Waals surface area contributed by atoms with Gasteiger partial charge < -0.3 is 4.74 Å². The normalized spacial score (nSPS) is 14.1. The largest absolute Gasteiger partial charge is 0.462 e. The molecule has 100 valence electrons. The van der Waals surface area contributed by atoms with E-state index in [4.69, 9.17) is 4.74 Å². The number of ether oxygens (including phenoxy) is 1. The predicted molar refractivity (Wildman–Crippen MR) is 80.9 cm³/mol. The maximum Gasteiger partial charge on any atom is 0.338 e. The summed E-state index contributed by atoms with van der Waals surface area (Å²) in [4.78, 5) is 11.8. The molecule has 0 aliphatic heterocycles. The number of rotatable bonds is 3. The maximum absolute atomic E-state index is 11.8. The zero-order chi connectivity index (χ0) is 13.9. The molecule has 2 aromatic carbocycles. The van der Waals surface area contributed by atoms with E-state index >= 15 is 0 Å². The molecule has 2 heteroatoms. The second kappa shape index (κ2) is 5.33. The van der Waals surface area contributed by atoms with Crippen molar-refractivity contribution in [1.82, 2.24) is 0 Å². The van der Waals surface area contributed by atoms with Crippen LogP contribution >= 0.6 is 0 Å². The van der Waals surface area contributed by atoms with Crippen LogP contribution in [0.2, 0.25) is 0 Å². The zero-order valence-electron chi connectivity index (χ0n) is 11.4. The molecule has 2 nitrogen and oxygen atoms in total. The average Bonchev–Trinajstić information content (AvgIpc) is 3.00. The lowest BCUT2D eigenvalue weighted by molar-refractivity contribution is 0.0526. The SMILES string of the molecule is CCOC(=O)c1ccc2c(C3C=CC=C3)cccc2c1. The van der Waals surface area contributed by atoms with Gasteiger partial charge >= 0.3 is 5.97 Å². The van der Waals surface area contributed by atoms with Crippen molar-refractivity contribution < 1.29 is 9.53 Å². The number of carbonyl (C=O) groups is 1. The van der Waals surface area contributed by atoms with E-state index in [9.17, 15) is 4.79 Å². The molecule has 0 aromatic heterocycles. The summed E-state index contributed by atoms with van der Waals surface area (Å²) in [6.07, 6.45) is 8.48. The zero-order valence-corrected chi connectivity index (χ0v) is 11.4. The van der Waals surface area contributed by atoms with Gasteiger partial charge in [0.25, 0.3) is 0 Å². The lowest BCUT2D eigenvalue weighted by Gasteiger charge is -2.11. The third-order valence-corrected chi connectivity index (χ3v) is 3.53. The lowest BCUT2D eigenvalue weighted by Crippen LogP contribution is -2.04. The van der Waals surface area contributed by atoms with Gasteiger partial charge in [0.15, 0.2) is 0 Å². The molecule has 0 bridgehead atoms.